The number of benzene rings is 2. The Morgan fingerprint density at radius 3 is 2.60 bits per heavy atom. The summed E-state index contributed by atoms with van der Waals surface area (Å²) in [6, 6.07) is 8.94. The Hall–Kier alpha value is -2.73. The Balaban J connectivity index is 1.61. The van der Waals surface area contributed by atoms with Gasteiger partial charge in [-0.1, -0.05) is 23.7 Å². The molecule has 1 aliphatic heterocycles. The molecule has 0 saturated heterocycles. The number of halogens is 1. The van der Waals surface area contributed by atoms with Crippen molar-refractivity contribution in [2.75, 3.05) is 12.1 Å². The lowest BCUT2D eigenvalue weighted by Gasteiger charge is -2.11. The van der Waals surface area contributed by atoms with Gasteiger partial charge < -0.3 is 20.1 Å². The second-order valence-corrected chi connectivity index (χ2v) is 6.17. The number of fused-ring (bicyclic) bond motifs is 1. The van der Waals surface area contributed by atoms with Gasteiger partial charge >= 0.3 is 11.8 Å². The first-order chi connectivity index (χ1) is 11.9. The molecule has 0 saturated carbocycles. The molecule has 2 N–H and O–H groups in total. The van der Waals surface area contributed by atoms with Gasteiger partial charge in [0.05, 0.1) is 10.7 Å². The van der Waals surface area contributed by atoms with Crippen LogP contribution in [0.5, 0.6) is 11.5 Å². The number of hydrogen-bond donors (Lipinski definition) is 2. The number of nitrogens with one attached hydrogen (secondary N) is 2. The normalized spacial score (nSPS) is 12.0. The van der Waals surface area contributed by atoms with E-state index in [1.54, 1.807) is 24.3 Å². The molecular weight excluding hydrogens is 344 g/mol. The van der Waals surface area contributed by atoms with Crippen molar-refractivity contribution in [1.29, 1.82) is 0 Å². The number of carbonyl (C=O) groups is 2. The largest absolute Gasteiger partial charge is 0.454 e. The molecular formula is C18H17ClN2O4. The quantitative estimate of drug-likeness (QED) is 0.825. The third-order valence-corrected chi connectivity index (χ3v) is 4.06. The molecule has 2 aromatic rings. The first kappa shape index (κ1) is 17.1. The fraction of sp³-hybridized carbons (Fsp3) is 0.222. The highest BCUT2D eigenvalue weighted by molar-refractivity contribution is 6.41. The Labute approximate surface area is 150 Å². The second-order valence-electron chi connectivity index (χ2n) is 5.76. The van der Waals surface area contributed by atoms with Gasteiger partial charge in [-0.2, -0.15) is 0 Å². The number of amides is 2. The minimum absolute atomic E-state index is 0.185. The number of ether oxygens (including phenoxy) is 2. The van der Waals surface area contributed by atoms with Gasteiger partial charge in [-0.05, 0) is 48.7 Å². The van der Waals surface area contributed by atoms with Gasteiger partial charge in [-0.15, -0.1) is 0 Å². The van der Waals surface area contributed by atoms with Crippen LogP contribution in [0.4, 0.5) is 5.69 Å². The van der Waals surface area contributed by atoms with Crippen LogP contribution in [-0.2, 0) is 16.1 Å². The lowest BCUT2D eigenvalue weighted by molar-refractivity contribution is -0.136. The van der Waals surface area contributed by atoms with E-state index in [0.29, 0.717) is 22.2 Å². The minimum Gasteiger partial charge on any atom is -0.454 e. The fourth-order valence-corrected chi connectivity index (χ4v) is 2.93. The zero-order valence-corrected chi connectivity index (χ0v) is 14.6. The molecule has 0 aliphatic carbocycles. The molecule has 2 aromatic carbocycles. The van der Waals surface area contributed by atoms with E-state index >= 15 is 0 Å². The van der Waals surface area contributed by atoms with E-state index in [2.05, 4.69) is 10.6 Å². The molecule has 0 spiro atoms. The SMILES string of the molecule is Cc1cc(C)c(NC(=O)C(=O)NCc2ccc3c(c2)OCO3)c(Cl)c1. The van der Waals surface area contributed by atoms with Crippen LogP contribution in [0.1, 0.15) is 16.7 Å². The van der Waals surface area contributed by atoms with Crippen LogP contribution < -0.4 is 20.1 Å². The number of anilines is 1. The van der Waals surface area contributed by atoms with Crippen LogP contribution in [0.25, 0.3) is 0 Å². The maximum atomic E-state index is 12.1. The van der Waals surface area contributed by atoms with Gasteiger partial charge in [-0.25, -0.2) is 0 Å². The first-order valence-electron chi connectivity index (χ1n) is 7.68. The Bertz CT molecular complexity index is 828. The Morgan fingerprint density at radius 2 is 1.84 bits per heavy atom. The van der Waals surface area contributed by atoms with Crippen LogP contribution in [0, 0.1) is 13.8 Å². The number of rotatable bonds is 3. The van der Waals surface area contributed by atoms with Crippen LogP contribution in [0.15, 0.2) is 30.3 Å². The third-order valence-electron chi connectivity index (χ3n) is 3.77. The molecule has 2 amide bonds. The standard InChI is InChI=1S/C18H17ClN2O4/c1-10-5-11(2)16(13(19)6-10)21-18(23)17(22)20-8-12-3-4-14-15(7-12)25-9-24-14/h3-7H,8-9H2,1-2H3,(H,20,22)(H,21,23). The van der Waals surface area contributed by atoms with Crippen molar-refractivity contribution >= 4 is 29.1 Å². The molecule has 1 aliphatic rings. The lowest BCUT2D eigenvalue weighted by atomic mass is 10.1. The van der Waals surface area contributed by atoms with Gasteiger partial charge in [0.25, 0.3) is 0 Å². The van der Waals surface area contributed by atoms with Crippen LogP contribution >= 0.6 is 11.6 Å². The van der Waals surface area contributed by atoms with Gasteiger partial charge in [0.2, 0.25) is 6.79 Å². The van der Waals surface area contributed by atoms with Gasteiger partial charge in [0, 0.05) is 6.54 Å². The van der Waals surface area contributed by atoms with Crippen molar-refractivity contribution in [3.63, 3.8) is 0 Å². The van der Waals surface area contributed by atoms with Crippen LogP contribution in [-0.4, -0.2) is 18.6 Å². The van der Waals surface area contributed by atoms with Gasteiger partial charge in [0.1, 0.15) is 0 Å². The molecule has 25 heavy (non-hydrogen) atoms. The van der Waals surface area contributed by atoms with Crippen molar-refractivity contribution in [2.45, 2.75) is 20.4 Å². The average Bonchev–Trinajstić information content (AvgIpc) is 3.03. The molecule has 0 fully saturated rings. The zero-order valence-electron chi connectivity index (χ0n) is 13.8. The summed E-state index contributed by atoms with van der Waals surface area (Å²) in [5.41, 5.74) is 3.01. The van der Waals surface area contributed by atoms with Crippen molar-refractivity contribution in [3.05, 3.63) is 52.0 Å². The van der Waals surface area contributed by atoms with Gasteiger partial charge in [-0.3, -0.25) is 9.59 Å². The monoisotopic (exact) mass is 360 g/mol. The summed E-state index contributed by atoms with van der Waals surface area (Å²) in [7, 11) is 0. The first-order valence-corrected chi connectivity index (χ1v) is 8.06. The summed E-state index contributed by atoms with van der Waals surface area (Å²) in [5.74, 6) is -0.223. The molecule has 1 heterocycles. The average molecular weight is 361 g/mol. The molecule has 0 radical (unpaired) electrons. The summed E-state index contributed by atoms with van der Waals surface area (Å²) < 4.78 is 10.5. The van der Waals surface area contributed by atoms with E-state index < -0.39 is 11.8 Å². The van der Waals surface area contributed by atoms with E-state index in [1.165, 1.54) is 0 Å². The van der Waals surface area contributed by atoms with E-state index in [0.717, 1.165) is 16.7 Å². The molecule has 7 heteroatoms. The van der Waals surface area contributed by atoms with Gasteiger partial charge in [0.15, 0.2) is 11.5 Å². The van der Waals surface area contributed by atoms with E-state index in [9.17, 15) is 9.59 Å². The summed E-state index contributed by atoms with van der Waals surface area (Å²) >= 11 is 6.14. The van der Waals surface area contributed by atoms with E-state index in [-0.39, 0.29) is 13.3 Å². The predicted octanol–water partition coefficient (Wildman–Crippen LogP) is 2.94. The van der Waals surface area contributed by atoms with Crippen LogP contribution in [0.2, 0.25) is 5.02 Å². The highest BCUT2D eigenvalue weighted by atomic mass is 35.5. The Morgan fingerprint density at radius 1 is 1.08 bits per heavy atom. The minimum atomic E-state index is -0.769. The second kappa shape index (κ2) is 7.03. The molecule has 6 nitrogen and oxygen atoms in total. The number of carbonyl (C=O) groups excluding carboxylic acids is 2. The predicted molar refractivity (Wildman–Crippen MR) is 94.0 cm³/mol. The smallest absolute Gasteiger partial charge is 0.313 e. The summed E-state index contributed by atoms with van der Waals surface area (Å²) in [5, 5.41) is 5.52. The van der Waals surface area contributed by atoms with Crippen molar-refractivity contribution < 1.29 is 19.1 Å². The number of hydrogen-bond acceptors (Lipinski definition) is 4. The van der Waals surface area contributed by atoms with Crippen molar-refractivity contribution in [2.24, 2.45) is 0 Å². The molecule has 3 rings (SSSR count). The van der Waals surface area contributed by atoms with Crippen molar-refractivity contribution in [3.8, 4) is 11.5 Å². The van der Waals surface area contributed by atoms with Crippen molar-refractivity contribution in [1.82, 2.24) is 5.32 Å². The molecule has 130 valence electrons. The topological polar surface area (TPSA) is 76.7 Å². The highest BCUT2D eigenvalue weighted by Crippen LogP contribution is 2.32. The molecule has 0 aromatic heterocycles. The molecule has 0 unspecified atom stereocenters. The summed E-state index contributed by atoms with van der Waals surface area (Å²) in [4.78, 5) is 24.1. The zero-order chi connectivity index (χ0) is 18.0. The fourth-order valence-electron chi connectivity index (χ4n) is 2.56. The highest BCUT2D eigenvalue weighted by Gasteiger charge is 2.18. The maximum absolute atomic E-state index is 12.1. The van der Waals surface area contributed by atoms with E-state index in [4.69, 9.17) is 21.1 Å². The number of aryl methyl sites for hydroxylation is 2. The summed E-state index contributed by atoms with van der Waals surface area (Å²) in [6.45, 7) is 4.11. The molecule has 0 bridgehead atoms. The maximum Gasteiger partial charge on any atom is 0.313 e. The lowest BCUT2D eigenvalue weighted by Crippen LogP contribution is -2.35. The third kappa shape index (κ3) is 3.85. The molecule has 0 atom stereocenters. The Kier molecular flexibility index (Phi) is 4.81. The summed E-state index contributed by atoms with van der Waals surface area (Å²) in [6.07, 6.45) is 0. The van der Waals surface area contributed by atoms with Crippen LogP contribution in [0.3, 0.4) is 0 Å². The van der Waals surface area contributed by atoms with E-state index in [1.807, 2.05) is 19.9 Å².